The Labute approximate surface area is 457 Å². The minimum atomic E-state index is -2.87. The van der Waals surface area contributed by atoms with Gasteiger partial charge in [0.1, 0.15) is 35.8 Å². The van der Waals surface area contributed by atoms with Gasteiger partial charge in [-0.3, -0.25) is 29.9 Å². The molecule has 0 radical (unpaired) electrons. The highest BCUT2D eigenvalue weighted by atomic mass is 32.1. The molecule has 7 rings (SSSR count). The average Bonchev–Trinajstić information content (AvgIpc) is 4.21. The minimum Gasteiger partial charge on any atom is -0.391 e. The number of pyridine rings is 2. The number of benzene rings is 1. The van der Waals surface area contributed by atoms with Crippen LogP contribution in [0.1, 0.15) is 113 Å². The smallest absolute Gasteiger partial charge is 0.266 e. The maximum absolute atomic E-state index is 14.7. The predicted molar refractivity (Wildman–Crippen MR) is 292 cm³/mol. The molecule has 4 amide bonds. The first-order valence-corrected chi connectivity index (χ1v) is 27.3. The number of amides is 4. The molecule has 12 N–H and O–H groups in total. The molecule has 4 aromatic rings. The summed E-state index contributed by atoms with van der Waals surface area (Å²) < 4.78 is 28.8. The monoisotopic (exact) mass is 1100 g/mol. The van der Waals surface area contributed by atoms with Crippen molar-refractivity contribution < 1.29 is 38.2 Å². The second-order valence-corrected chi connectivity index (χ2v) is 22.5. The molecule has 6 heterocycles. The summed E-state index contributed by atoms with van der Waals surface area (Å²) in [5.74, 6) is -4.32. The average molecular weight is 1100 g/mol. The summed E-state index contributed by atoms with van der Waals surface area (Å²) in [7, 11) is 0. The molecular formula is C54H73F2N15O6S. The standard InChI is InChI=1S/C54H73F2N15O6S/c1-31(34-8-10-36(11-9-34)46-32(2)63-30-78-46)64-50(76)41-26-38(72)28-71(41)51(77)47(53(3,4)5)68-49(75)40(65-48(74)39(58)7-6-18-62-52(59)60)12-13-45(73)69-20-15-35(16-21-69)37-24-43(66-42-23-33(27-57)14-19-61-42)67-44(25-37)70-22-17-54(55,56)29-70/h8-11,14,19,23-25,30-31,35,38-41,47,50,64,72,76H,6-7,12-13,15-18,20-22,26,28-29,58H2,1-5H3,(H,65,74)(H,68,75)(H4,59,60,62)(H,61,66,67)/t31-,38+,39?,40-,41-,47+,50?/m0/s1. The highest BCUT2D eigenvalue weighted by Gasteiger charge is 2.45. The number of aromatic nitrogens is 3. The van der Waals surface area contributed by atoms with E-state index in [2.05, 4.69) is 47.6 Å². The van der Waals surface area contributed by atoms with Crippen LogP contribution in [-0.4, -0.2) is 146 Å². The predicted octanol–water partition coefficient (Wildman–Crippen LogP) is 4.09. The molecule has 1 aromatic carbocycles. The van der Waals surface area contributed by atoms with Crippen molar-refractivity contribution in [1.82, 2.24) is 46.0 Å². The van der Waals surface area contributed by atoms with E-state index < -0.39 is 72.1 Å². The number of halogens is 2. The summed E-state index contributed by atoms with van der Waals surface area (Å²) in [5.41, 5.74) is 16.6. The molecule has 7 atom stereocenters. The van der Waals surface area contributed by atoms with E-state index in [0.29, 0.717) is 55.4 Å². The fourth-order valence-corrected chi connectivity index (χ4v) is 11.0. The van der Waals surface area contributed by atoms with Crippen molar-refractivity contribution in [2.45, 2.75) is 140 Å². The zero-order chi connectivity index (χ0) is 56.5. The molecule has 24 heteroatoms. The molecule has 0 spiro atoms. The van der Waals surface area contributed by atoms with E-state index in [1.807, 2.05) is 44.2 Å². The summed E-state index contributed by atoms with van der Waals surface area (Å²) in [6, 6.07) is 11.9. The number of carbonyl (C=O) groups excluding carboxylic acids is 4. The summed E-state index contributed by atoms with van der Waals surface area (Å²) in [5, 5.41) is 54.0. The number of guanidine groups is 1. The molecule has 78 heavy (non-hydrogen) atoms. The number of β-amino-alcohol motifs (C(OH)–C–C–N with tert-alkyl or cyclic N) is 1. The van der Waals surface area contributed by atoms with E-state index in [1.165, 1.54) is 11.1 Å². The van der Waals surface area contributed by atoms with Crippen LogP contribution in [0.3, 0.4) is 0 Å². The highest BCUT2D eigenvalue weighted by molar-refractivity contribution is 7.13. The number of anilines is 3. The van der Waals surface area contributed by atoms with Crippen molar-refractivity contribution in [3.63, 3.8) is 0 Å². The number of hydrogen-bond donors (Lipinski definition) is 10. The van der Waals surface area contributed by atoms with Crippen LogP contribution in [0.2, 0.25) is 0 Å². The molecule has 0 saturated carbocycles. The number of nitrogens with zero attached hydrogens (tertiary/aromatic N) is 7. The third-order valence-corrected chi connectivity index (χ3v) is 15.6. The van der Waals surface area contributed by atoms with Crippen molar-refractivity contribution in [3.05, 3.63) is 82.6 Å². The van der Waals surface area contributed by atoms with E-state index in [9.17, 15) is 43.4 Å². The number of aryl methyl sites for hydroxylation is 1. The molecule has 3 aliphatic heterocycles. The van der Waals surface area contributed by atoms with Crippen LogP contribution >= 0.6 is 11.3 Å². The number of thiazole rings is 1. The summed E-state index contributed by atoms with van der Waals surface area (Å²) in [6.45, 7) is 9.61. The Balaban J connectivity index is 1.02. The van der Waals surface area contributed by atoms with Gasteiger partial charge >= 0.3 is 0 Å². The van der Waals surface area contributed by atoms with E-state index in [1.54, 1.807) is 65.6 Å². The molecule has 2 unspecified atom stereocenters. The van der Waals surface area contributed by atoms with Gasteiger partial charge in [0, 0.05) is 57.8 Å². The van der Waals surface area contributed by atoms with Crippen molar-refractivity contribution in [1.29, 1.82) is 10.7 Å². The van der Waals surface area contributed by atoms with Crippen LogP contribution in [0.4, 0.5) is 26.2 Å². The number of hydrogen-bond acceptors (Lipinski definition) is 16. The first-order chi connectivity index (χ1) is 37.0. The number of carbonyl (C=O) groups is 4. The van der Waals surface area contributed by atoms with Crippen molar-refractivity contribution in [2.24, 2.45) is 16.9 Å². The van der Waals surface area contributed by atoms with E-state index in [-0.39, 0.29) is 75.6 Å². The maximum Gasteiger partial charge on any atom is 0.266 e. The van der Waals surface area contributed by atoms with Gasteiger partial charge in [-0.15, -0.1) is 11.3 Å². The highest BCUT2D eigenvalue weighted by Crippen LogP contribution is 2.36. The van der Waals surface area contributed by atoms with Crippen LogP contribution in [0.15, 0.2) is 60.2 Å². The summed E-state index contributed by atoms with van der Waals surface area (Å²) >= 11 is 1.55. The fourth-order valence-electron chi connectivity index (χ4n) is 10.2. The lowest BCUT2D eigenvalue weighted by atomic mass is 9.85. The van der Waals surface area contributed by atoms with Crippen LogP contribution in [0.25, 0.3) is 10.4 Å². The second-order valence-electron chi connectivity index (χ2n) is 21.7. The number of nitrogens with two attached hydrogens (primary N) is 2. The number of rotatable bonds is 21. The number of alkyl halides is 2. The Morgan fingerprint density at radius 1 is 1.01 bits per heavy atom. The van der Waals surface area contributed by atoms with Gasteiger partial charge in [0.2, 0.25) is 23.6 Å². The first kappa shape index (κ1) is 58.8. The molecule has 3 aliphatic rings. The summed E-state index contributed by atoms with van der Waals surface area (Å²) in [6.07, 6.45) is 0.297. The van der Waals surface area contributed by atoms with Gasteiger partial charge in [-0.05, 0) is 105 Å². The Bertz CT molecular complexity index is 2800. The number of aliphatic hydroxyl groups is 2. The first-order valence-electron chi connectivity index (χ1n) is 26.4. The maximum atomic E-state index is 14.7. The van der Waals surface area contributed by atoms with Gasteiger partial charge in [-0.1, -0.05) is 45.0 Å². The third-order valence-electron chi connectivity index (χ3n) is 14.6. The molecular weight excluding hydrogens is 1020 g/mol. The normalized spacial score (nSPS) is 19.5. The Kier molecular flexibility index (Phi) is 19.4. The number of nitriles is 1. The molecule has 420 valence electrons. The zero-order valence-electron chi connectivity index (χ0n) is 44.8. The SMILES string of the molecule is Cc1ncsc1-c1ccc([C@H](C)NC(O)[C@@H]2C[C@@H](O)CN2C(=O)[C@@H](NC(=O)[C@H](CCC(=O)N2CCC(c3cc(Nc4cc(C#N)ccn4)nc(N4CCC(F)(F)C4)c3)CC2)NC(=O)C(N)CCCNC(=N)N)C(C)(C)C)cc1. The third kappa shape index (κ3) is 15.4. The van der Waals surface area contributed by atoms with Crippen LogP contribution in [0, 0.1) is 29.1 Å². The van der Waals surface area contributed by atoms with Crippen LogP contribution in [0.5, 0.6) is 0 Å². The van der Waals surface area contributed by atoms with Gasteiger partial charge in [0.15, 0.2) is 5.96 Å². The Hall–Kier alpha value is -6.91. The van der Waals surface area contributed by atoms with Gasteiger partial charge in [-0.2, -0.15) is 5.26 Å². The lowest BCUT2D eigenvalue weighted by Crippen LogP contribution is -2.61. The molecule has 0 bridgehead atoms. The summed E-state index contributed by atoms with van der Waals surface area (Å²) in [4.78, 5) is 75.9. The van der Waals surface area contributed by atoms with E-state index in [4.69, 9.17) is 16.9 Å². The molecule has 3 fully saturated rings. The second kappa shape index (κ2) is 25.7. The molecule has 3 aromatic heterocycles. The minimum absolute atomic E-state index is 0.0672. The van der Waals surface area contributed by atoms with Crippen LogP contribution in [-0.2, 0) is 19.2 Å². The molecule has 0 aliphatic carbocycles. The molecule has 21 nitrogen and oxygen atoms in total. The van der Waals surface area contributed by atoms with Crippen molar-refractivity contribution in [3.8, 4) is 16.5 Å². The fraction of sp³-hybridized carbons (Fsp3) is 0.537. The topological polar surface area (TPSA) is 317 Å². The van der Waals surface area contributed by atoms with E-state index >= 15 is 0 Å². The number of likely N-dealkylation sites (tertiary alicyclic amines) is 2. The zero-order valence-corrected chi connectivity index (χ0v) is 45.6. The number of aliphatic hydroxyl groups excluding tert-OH is 2. The van der Waals surface area contributed by atoms with Gasteiger partial charge < -0.3 is 57.6 Å². The van der Waals surface area contributed by atoms with Crippen LogP contribution < -0.4 is 43.0 Å². The lowest BCUT2D eigenvalue weighted by Gasteiger charge is -2.38. The lowest BCUT2D eigenvalue weighted by molar-refractivity contribution is -0.143. The Morgan fingerprint density at radius 3 is 2.38 bits per heavy atom. The van der Waals surface area contributed by atoms with Crippen molar-refractivity contribution in [2.75, 3.05) is 49.5 Å². The Morgan fingerprint density at radius 2 is 1.74 bits per heavy atom. The van der Waals surface area contributed by atoms with Crippen molar-refractivity contribution >= 4 is 58.4 Å². The largest absolute Gasteiger partial charge is 0.391 e. The number of piperidine rings is 1. The van der Waals surface area contributed by atoms with Gasteiger partial charge in [0.05, 0.1) is 52.4 Å². The quantitative estimate of drug-likeness (QED) is 0.0243. The molecule has 3 saturated heterocycles. The number of nitrogens with one attached hydrogen (secondary N) is 6. The van der Waals surface area contributed by atoms with Gasteiger partial charge in [0.25, 0.3) is 5.92 Å². The van der Waals surface area contributed by atoms with E-state index in [0.717, 1.165) is 27.3 Å². The van der Waals surface area contributed by atoms with Gasteiger partial charge in [-0.25, -0.2) is 23.7 Å².